The van der Waals surface area contributed by atoms with Gasteiger partial charge in [0.1, 0.15) is 13.2 Å². The molecule has 5 nitrogen and oxygen atoms in total. The van der Waals surface area contributed by atoms with Crippen LogP contribution in [0.3, 0.4) is 0 Å². The highest BCUT2D eigenvalue weighted by molar-refractivity contribution is 5.91. The highest BCUT2D eigenvalue weighted by atomic mass is 16.6. The topological polar surface area (TPSA) is 65.0 Å². The number of ether oxygens (including phenoxy) is 2. The summed E-state index contributed by atoms with van der Waals surface area (Å²) in [5, 5.41) is 0. The van der Waals surface area contributed by atoms with Gasteiger partial charge in [-0.15, -0.1) is 0 Å². The van der Waals surface area contributed by atoms with Crippen LogP contribution >= 0.6 is 0 Å². The quantitative estimate of drug-likeness (QED) is 0.327. The molecule has 0 aromatic heterocycles. The fourth-order valence-electron chi connectivity index (χ4n) is 1.96. The van der Waals surface area contributed by atoms with Crippen LogP contribution in [0.25, 0.3) is 0 Å². The molecule has 0 atom stereocenters. The van der Waals surface area contributed by atoms with Crippen molar-refractivity contribution in [3.8, 4) is 0 Å². The molecule has 0 aliphatic rings. The van der Waals surface area contributed by atoms with Gasteiger partial charge in [0.15, 0.2) is 0 Å². The van der Waals surface area contributed by atoms with E-state index in [9.17, 15) is 9.59 Å². The predicted molar refractivity (Wildman–Crippen MR) is 101 cm³/mol. The average Bonchev–Trinajstić information content (AvgIpc) is 2.64. The normalized spacial score (nSPS) is 10.5. The van der Waals surface area contributed by atoms with Gasteiger partial charge in [0.2, 0.25) is 0 Å². The zero-order valence-electron chi connectivity index (χ0n) is 14.9. The Hall–Kier alpha value is -3.21. The fraction of sp³-hybridized carbons (Fsp3) is 0.190. The summed E-state index contributed by atoms with van der Waals surface area (Å²) in [5.41, 5.74) is 3.64. The third-order valence-corrected chi connectivity index (χ3v) is 3.44. The molecule has 0 bridgehead atoms. The van der Waals surface area contributed by atoms with E-state index in [1.165, 1.54) is 5.56 Å². The number of nitrogens with zero attached hydrogens (tertiary/aromatic N) is 1. The molecule has 2 aromatic carbocycles. The molecule has 26 heavy (non-hydrogen) atoms. The van der Waals surface area contributed by atoms with Crippen molar-refractivity contribution in [1.29, 1.82) is 0 Å². The van der Waals surface area contributed by atoms with Crippen LogP contribution in [0.1, 0.15) is 28.4 Å². The Morgan fingerprint density at radius 2 is 1.62 bits per heavy atom. The predicted octanol–water partition coefficient (Wildman–Crippen LogP) is 4.02. The Morgan fingerprint density at radius 1 is 1.00 bits per heavy atom. The van der Waals surface area contributed by atoms with Gasteiger partial charge in [0.05, 0.1) is 11.3 Å². The van der Waals surface area contributed by atoms with E-state index in [1.807, 2.05) is 31.2 Å². The number of hydrogen-bond acceptors (Lipinski definition) is 5. The number of esters is 2. The van der Waals surface area contributed by atoms with E-state index in [2.05, 4.69) is 11.6 Å². The first-order chi connectivity index (χ1) is 12.5. The van der Waals surface area contributed by atoms with E-state index in [4.69, 9.17) is 9.47 Å². The monoisotopic (exact) mass is 351 g/mol. The Balaban J connectivity index is 1.84. The number of benzene rings is 2. The molecule has 0 fully saturated rings. The van der Waals surface area contributed by atoms with Gasteiger partial charge in [0, 0.05) is 11.8 Å². The molecule has 0 saturated heterocycles. The van der Waals surface area contributed by atoms with Gasteiger partial charge in [-0.3, -0.25) is 4.99 Å². The van der Waals surface area contributed by atoms with Crippen LogP contribution < -0.4 is 0 Å². The first-order valence-corrected chi connectivity index (χ1v) is 8.16. The summed E-state index contributed by atoms with van der Waals surface area (Å²) in [6, 6.07) is 14.8. The van der Waals surface area contributed by atoms with Crippen LogP contribution in [0.15, 0.2) is 65.7 Å². The van der Waals surface area contributed by atoms with Crippen LogP contribution in [0.2, 0.25) is 0 Å². The van der Waals surface area contributed by atoms with Crippen molar-refractivity contribution in [2.45, 2.75) is 13.8 Å². The van der Waals surface area contributed by atoms with Crippen molar-refractivity contribution in [3.05, 3.63) is 77.4 Å². The first-order valence-electron chi connectivity index (χ1n) is 8.16. The van der Waals surface area contributed by atoms with Crippen molar-refractivity contribution in [2.75, 3.05) is 13.2 Å². The minimum atomic E-state index is -0.502. The standard InChI is InChI=1S/C21H21NO4/c1-15(2)20(23)25-12-13-26-21(24)18-8-6-17(7-9-18)14-22-19-10-4-16(3)5-11-19/h4-11,14H,1,12-13H2,2-3H3. The molecule has 0 saturated carbocycles. The zero-order chi connectivity index (χ0) is 18.9. The van der Waals surface area contributed by atoms with E-state index >= 15 is 0 Å². The van der Waals surface area contributed by atoms with Crippen LogP contribution in [-0.4, -0.2) is 31.4 Å². The maximum absolute atomic E-state index is 11.9. The molecule has 0 unspecified atom stereocenters. The van der Waals surface area contributed by atoms with Crippen molar-refractivity contribution >= 4 is 23.8 Å². The number of carbonyl (C=O) groups is 2. The van der Waals surface area contributed by atoms with E-state index in [0.717, 1.165) is 11.3 Å². The van der Waals surface area contributed by atoms with E-state index in [1.54, 1.807) is 37.4 Å². The maximum Gasteiger partial charge on any atom is 0.338 e. The molecular weight excluding hydrogens is 330 g/mol. The highest BCUT2D eigenvalue weighted by Gasteiger charge is 2.08. The molecule has 0 radical (unpaired) electrons. The molecule has 5 heteroatoms. The number of aliphatic imine (C=N–C) groups is 1. The average molecular weight is 351 g/mol. The Bertz CT molecular complexity index is 805. The lowest BCUT2D eigenvalue weighted by atomic mass is 10.1. The third-order valence-electron chi connectivity index (χ3n) is 3.44. The summed E-state index contributed by atoms with van der Waals surface area (Å²) >= 11 is 0. The molecule has 2 rings (SSSR count). The van der Waals surface area contributed by atoms with Crippen LogP contribution in [0, 0.1) is 6.92 Å². The van der Waals surface area contributed by atoms with Crippen molar-refractivity contribution in [1.82, 2.24) is 0 Å². The van der Waals surface area contributed by atoms with Crippen LogP contribution in [0.5, 0.6) is 0 Å². The van der Waals surface area contributed by atoms with Crippen LogP contribution in [-0.2, 0) is 14.3 Å². The van der Waals surface area contributed by atoms with E-state index in [0.29, 0.717) is 11.1 Å². The second-order valence-electron chi connectivity index (χ2n) is 5.77. The van der Waals surface area contributed by atoms with Gasteiger partial charge in [0.25, 0.3) is 0 Å². The van der Waals surface area contributed by atoms with Crippen molar-refractivity contribution in [2.24, 2.45) is 4.99 Å². The van der Waals surface area contributed by atoms with Gasteiger partial charge < -0.3 is 9.47 Å². The lowest BCUT2D eigenvalue weighted by Gasteiger charge is -2.06. The second kappa shape index (κ2) is 9.32. The van der Waals surface area contributed by atoms with Gasteiger partial charge in [-0.1, -0.05) is 36.4 Å². The van der Waals surface area contributed by atoms with Gasteiger partial charge in [-0.2, -0.15) is 0 Å². The molecular formula is C21H21NO4. The summed E-state index contributed by atoms with van der Waals surface area (Å²) in [6.45, 7) is 7.04. The number of carbonyl (C=O) groups excluding carboxylic acids is 2. The lowest BCUT2D eigenvalue weighted by Crippen LogP contribution is -2.14. The number of rotatable bonds is 7. The molecule has 0 N–H and O–H groups in total. The largest absolute Gasteiger partial charge is 0.459 e. The van der Waals surface area contributed by atoms with Gasteiger partial charge in [-0.05, 0) is 43.7 Å². The van der Waals surface area contributed by atoms with Crippen molar-refractivity contribution < 1.29 is 19.1 Å². The molecule has 0 spiro atoms. The molecule has 0 aliphatic carbocycles. The summed E-state index contributed by atoms with van der Waals surface area (Å²) in [7, 11) is 0. The SMILES string of the molecule is C=C(C)C(=O)OCCOC(=O)c1ccc(C=Nc2ccc(C)cc2)cc1. The summed E-state index contributed by atoms with van der Waals surface area (Å²) in [4.78, 5) is 27.5. The summed E-state index contributed by atoms with van der Waals surface area (Å²) < 4.78 is 9.92. The first kappa shape index (κ1) is 19.1. The second-order valence-corrected chi connectivity index (χ2v) is 5.77. The molecule has 0 heterocycles. The van der Waals surface area contributed by atoms with Crippen molar-refractivity contribution in [3.63, 3.8) is 0 Å². The lowest BCUT2D eigenvalue weighted by molar-refractivity contribution is -0.140. The zero-order valence-corrected chi connectivity index (χ0v) is 14.9. The summed E-state index contributed by atoms with van der Waals surface area (Å²) in [5.74, 6) is -0.975. The molecule has 0 aliphatic heterocycles. The third kappa shape index (κ3) is 6.02. The summed E-state index contributed by atoms with van der Waals surface area (Å²) in [6.07, 6.45) is 1.73. The Morgan fingerprint density at radius 3 is 2.23 bits per heavy atom. The van der Waals surface area contributed by atoms with Crippen LogP contribution in [0.4, 0.5) is 5.69 Å². The molecule has 134 valence electrons. The fourth-order valence-corrected chi connectivity index (χ4v) is 1.96. The Kier molecular flexibility index (Phi) is 6.85. The van der Waals surface area contributed by atoms with E-state index in [-0.39, 0.29) is 13.2 Å². The number of hydrogen-bond donors (Lipinski definition) is 0. The Labute approximate surface area is 153 Å². The minimum absolute atomic E-state index is 0.00127. The number of aryl methyl sites for hydroxylation is 1. The van der Waals surface area contributed by atoms with E-state index < -0.39 is 11.9 Å². The smallest absolute Gasteiger partial charge is 0.338 e. The molecule has 2 aromatic rings. The maximum atomic E-state index is 11.9. The van der Waals surface area contributed by atoms with Gasteiger partial charge in [-0.25, -0.2) is 9.59 Å². The van der Waals surface area contributed by atoms with Gasteiger partial charge >= 0.3 is 11.9 Å². The highest BCUT2D eigenvalue weighted by Crippen LogP contribution is 2.13. The minimum Gasteiger partial charge on any atom is -0.459 e. The molecule has 0 amide bonds.